The fourth-order valence-corrected chi connectivity index (χ4v) is 3.11. The number of amides is 2. The quantitative estimate of drug-likeness (QED) is 0.784. The maximum absolute atomic E-state index is 13.1. The fraction of sp³-hybridized carbons (Fsp3) is 0.316. The fourth-order valence-electron chi connectivity index (χ4n) is 3.11. The Balaban J connectivity index is 1.62. The molecule has 1 fully saturated rings. The van der Waals surface area contributed by atoms with Crippen molar-refractivity contribution in [1.29, 1.82) is 0 Å². The molecule has 3 rings (SSSR count). The van der Waals surface area contributed by atoms with Crippen LogP contribution in [0.1, 0.15) is 28.8 Å². The van der Waals surface area contributed by atoms with Gasteiger partial charge in [-0.05, 0) is 43.2 Å². The van der Waals surface area contributed by atoms with E-state index in [2.05, 4.69) is 10.3 Å². The number of phenols is 1. The van der Waals surface area contributed by atoms with Crippen molar-refractivity contribution < 1.29 is 27.9 Å². The zero-order valence-corrected chi connectivity index (χ0v) is 14.7. The van der Waals surface area contributed by atoms with Crippen molar-refractivity contribution in [3.63, 3.8) is 0 Å². The maximum atomic E-state index is 13.1. The molecule has 1 aromatic heterocycles. The van der Waals surface area contributed by atoms with Crippen molar-refractivity contribution in [2.75, 3.05) is 18.4 Å². The number of nitrogens with zero attached hydrogens (tertiary/aromatic N) is 2. The minimum atomic E-state index is -4.67. The van der Waals surface area contributed by atoms with Gasteiger partial charge in [0.25, 0.3) is 5.91 Å². The van der Waals surface area contributed by atoms with Crippen LogP contribution in [-0.2, 0) is 11.0 Å². The summed E-state index contributed by atoms with van der Waals surface area (Å²) in [7, 11) is 0. The minimum Gasteiger partial charge on any atom is -0.508 e. The second-order valence-corrected chi connectivity index (χ2v) is 6.52. The van der Waals surface area contributed by atoms with Gasteiger partial charge >= 0.3 is 6.18 Å². The van der Waals surface area contributed by atoms with Crippen LogP contribution in [0.4, 0.5) is 18.9 Å². The Morgan fingerprint density at radius 1 is 1.11 bits per heavy atom. The highest BCUT2D eigenvalue weighted by Crippen LogP contribution is 2.32. The molecule has 28 heavy (non-hydrogen) atoms. The Kier molecular flexibility index (Phi) is 5.53. The molecule has 9 heteroatoms. The van der Waals surface area contributed by atoms with Gasteiger partial charge in [-0.2, -0.15) is 13.2 Å². The highest BCUT2D eigenvalue weighted by atomic mass is 19.4. The molecule has 0 spiro atoms. The second-order valence-electron chi connectivity index (χ2n) is 6.52. The third-order valence-corrected chi connectivity index (χ3v) is 4.64. The van der Waals surface area contributed by atoms with E-state index in [1.165, 1.54) is 17.0 Å². The Labute approximate surface area is 159 Å². The van der Waals surface area contributed by atoms with Crippen molar-refractivity contribution in [2.24, 2.45) is 5.92 Å². The molecule has 0 unspecified atom stereocenters. The predicted molar refractivity (Wildman–Crippen MR) is 94.6 cm³/mol. The van der Waals surface area contributed by atoms with Crippen LogP contribution in [0.25, 0.3) is 0 Å². The lowest BCUT2D eigenvalue weighted by Crippen LogP contribution is -2.42. The summed E-state index contributed by atoms with van der Waals surface area (Å²) in [5.74, 6) is -1.21. The summed E-state index contributed by atoms with van der Waals surface area (Å²) >= 11 is 0. The molecular formula is C19H18F3N3O3. The third kappa shape index (κ3) is 4.41. The Hall–Kier alpha value is -3.10. The molecule has 0 bridgehead atoms. The van der Waals surface area contributed by atoms with E-state index in [1.807, 2.05) is 0 Å². The number of anilines is 1. The van der Waals surface area contributed by atoms with E-state index in [0.29, 0.717) is 24.7 Å². The summed E-state index contributed by atoms with van der Waals surface area (Å²) in [4.78, 5) is 29.7. The monoisotopic (exact) mass is 393 g/mol. The van der Waals surface area contributed by atoms with Crippen LogP contribution in [0, 0.1) is 5.92 Å². The molecule has 2 N–H and O–H groups in total. The molecule has 1 saturated heterocycles. The largest absolute Gasteiger partial charge is 0.508 e. The molecule has 0 aliphatic carbocycles. The van der Waals surface area contributed by atoms with E-state index in [1.54, 1.807) is 12.1 Å². The first-order valence-electron chi connectivity index (χ1n) is 8.66. The molecule has 1 aromatic carbocycles. The normalized spacial score (nSPS) is 15.3. The van der Waals surface area contributed by atoms with Crippen LogP contribution < -0.4 is 5.32 Å². The van der Waals surface area contributed by atoms with Crippen molar-refractivity contribution >= 4 is 17.5 Å². The van der Waals surface area contributed by atoms with E-state index < -0.39 is 23.2 Å². The molecule has 1 aliphatic heterocycles. The van der Waals surface area contributed by atoms with Crippen molar-refractivity contribution in [3.8, 4) is 5.75 Å². The molecule has 0 atom stereocenters. The van der Waals surface area contributed by atoms with Crippen molar-refractivity contribution in [3.05, 3.63) is 53.9 Å². The van der Waals surface area contributed by atoms with Crippen LogP contribution >= 0.6 is 0 Å². The van der Waals surface area contributed by atoms with Gasteiger partial charge in [-0.25, -0.2) is 0 Å². The lowest BCUT2D eigenvalue weighted by Gasteiger charge is -2.32. The van der Waals surface area contributed by atoms with E-state index >= 15 is 0 Å². The van der Waals surface area contributed by atoms with Gasteiger partial charge in [-0.15, -0.1) is 0 Å². The highest BCUT2D eigenvalue weighted by Gasteiger charge is 2.37. The first-order valence-corrected chi connectivity index (χ1v) is 8.66. The number of nitrogens with one attached hydrogen (secondary N) is 1. The first kappa shape index (κ1) is 19.7. The molecule has 0 saturated carbocycles. The number of rotatable bonds is 3. The molecule has 1 aliphatic rings. The van der Waals surface area contributed by atoms with Crippen molar-refractivity contribution in [1.82, 2.24) is 9.88 Å². The van der Waals surface area contributed by atoms with Gasteiger partial charge in [0.15, 0.2) is 0 Å². The third-order valence-electron chi connectivity index (χ3n) is 4.64. The second kappa shape index (κ2) is 7.87. The van der Waals surface area contributed by atoms with Gasteiger partial charge in [0.1, 0.15) is 5.75 Å². The summed E-state index contributed by atoms with van der Waals surface area (Å²) in [6.07, 6.45) is -2.17. The number of pyridine rings is 1. The number of likely N-dealkylation sites (tertiary alicyclic amines) is 1. The summed E-state index contributed by atoms with van der Waals surface area (Å²) in [6, 6.07) is 7.09. The summed E-state index contributed by atoms with van der Waals surface area (Å²) in [5, 5.41) is 12.0. The van der Waals surface area contributed by atoms with Crippen LogP contribution in [0.2, 0.25) is 0 Å². The lowest BCUT2D eigenvalue weighted by atomic mass is 9.95. The summed E-state index contributed by atoms with van der Waals surface area (Å²) in [5.41, 5.74) is -0.963. The van der Waals surface area contributed by atoms with Crippen LogP contribution in [0.15, 0.2) is 42.7 Å². The molecule has 6 nitrogen and oxygen atoms in total. The minimum absolute atomic E-state index is 0.0826. The topological polar surface area (TPSA) is 82.5 Å². The smallest absolute Gasteiger partial charge is 0.418 e. The average Bonchev–Trinajstić information content (AvgIpc) is 2.68. The Morgan fingerprint density at radius 2 is 1.75 bits per heavy atom. The van der Waals surface area contributed by atoms with Crippen LogP contribution in [0.3, 0.4) is 0 Å². The summed E-state index contributed by atoms with van der Waals surface area (Å²) < 4.78 is 39.3. The van der Waals surface area contributed by atoms with E-state index in [-0.39, 0.29) is 30.7 Å². The van der Waals surface area contributed by atoms with E-state index in [0.717, 1.165) is 12.3 Å². The molecule has 0 radical (unpaired) electrons. The number of halogens is 3. The van der Waals surface area contributed by atoms with Gasteiger partial charge in [0, 0.05) is 37.1 Å². The van der Waals surface area contributed by atoms with Gasteiger partial charge < -0.3 is 15.3 Å². The number of carbonyl (C=O) groups is 2. The number of carbonyl (C=O) groups excluding carboxylic acids is 2. The van der Waals surface area contributed by atoms with Gasteiger partial charge in [0.05, 0.1) is 11.1 Å². The number of piperidine rings is 1. The van der Waals surface area contributed by atoms with Gasteiger partial charge in [0.2, 0.25) is 5.91 Å². The maximum Gasteiger partial charge on any atom is 0.418 e. The standard InChI is InChI=1S/C19H18F3N3O3/c20-19(21,22)16-11-23-8-5-15(16)18(28)25-9-6-12(7-10-25)17(27)24-13-1-3-14(26)4-2-13/h1-5,8,11-12,26H,6-7,9-10H2,(H,24,27). The average molecular weight is 393 g/mol. The molecule has 2 aromatic rings. The number of aromatic hydroxyl groups is 1. The van der Waals surface area contributed by atoms with Gasteiger partial charge in [-0.1, -0.05) is 0 Å². The molecule has 148 valence electrons. The Bertz CT molecular complexity index is 861. The Morgan fingerprint density at radius 3 is 2.36 bits per heavy atom. The summed E-state index contributed by atoms with van der Waals surface area (Å²) in [6.45, 7) is 0.373. The number of benzene rings is 1. The van der Waals surface area contributed by atoms with Crippen LogP contribution in [-0.4, -0.2) is 39.9 Å². The molecular weight excluding hydrogens is 375 g/mol. The number of phenolic OH excluding ortho intramolecular Hbond substituents is 1. The van der Waals surface area contributed by atoms with Crippen molar-refractivity contribution in [2.45, 2.75) is 19.0 Å². The lowest BCUT2D eigenvalue weighted by molar-refractivity contribution is -0.138. The van der Waals surface area contributed by atoms with E-state index in [4.69, 9.17) is 0 Å². The molecule has 2 heterocycles. The highest BCUT2D eigenvalue weighted by molar-refractivity contribution is 5.96. The number of hydrogen-bond donors (Lipinski definition) is 2. The zero-order chi connectivity index (χ0) is 20.3. The SMILES string of the molecule is O=C(Nc1ccc(O)cc1)C1CCN(C(=O)c2ccncc2C(F)(F)F)CC1. The zero-order valence-electron chi connectivity index (χ0n) is 14.7. The van der Waals surface area contributed by atoms with Gasteiger partial charge in [-0.3, -0.25) is 14.6 Å². The first-order chi connectivity index (χ1) is 13.3. The van der Waals surface area contributed by atoms with E-state index in [9.17, 15) is 27.9 Å². The number of alkyl halides is 3. The number of hydrogen-bond acceptors (Lipinski definition) is 4. The predicted octanol–water partition coefficient (Wildman–Crippen LogP) is 3.30. The number of aromatic nitrogens is 1. The molecule has 2 amide bonds. The van der Waals surface area contributed by atoms with Crippen LogP contribution in [0.5, 0.6) is 5.75 Å².